The molecule has 0 bridgehead atoms. The second-order valence-corrected chi connectivity index (χ2v) is 5.01. The lowest BCUT2D eigenvalue weighted by Crippen LogP contribution is -2.14. The lowest BCUT2D eigenvalue weighted by Gasteiger charge is -2.09. The number of nitrogens with zero attached hydrogens (tertiary/aromatic N) is 2. The van der Waals surface area contributed by atoms with E-state index < -0.39 is 0 Å². The van der Waals surface area contributed by atoms with Crippen LogP contribution in [0.2, 0.25) is 5.02 Å². The van der Waals surface area contributed by atoms with Gasteiger partial charge in [-0.1, -0.05) is 23.7 Å². The van der Waals surface area contributed by atoms with E-state index in [1.54, 1.807) is 31.3 Å². The second-order valence-electron chi connectivity index (χ2n) is 4.61. The first-order valence-corrected chi connectivity index (χ1v) is 6.81. The van der Waals surface area contributed by atoms with Crippen molar-refractivity contribution in [2.75, 3.05) is 5.32 Å². The number of aromatic nitrogens is 2. The van der Waals surface area contributed by atoms with Gasteiger partial charge in [-0.25, -0.2) is 9.97 Å². The highest BCUT2D eigenvalue weighted by Crippen LogP contribution is 2.22. The number of hydrogen-bond donors (Lipinski definition) is 1. The molecule has 0 spiro atoms. The van der Waals surface area contributed by atoms with Gasteiger partial charge < -0.3 is 5.32 Å². The van der Waals surface area contributed by atoms with Crippen molar-refractivity contribution in [1.29, 1.82) is 0 Å². The van der Waals surface area contributed by atoms with Crippen LogP contribution in [0.5, 0.6) is 0 Å². The summed E-state index contributed by atoms with van der Waals surface area (Å²) in [6, 6.07) is 12.6. The molecule has 0 saturated carbocycles. The average Bonchev–Trinajstić information content (AvgIpc) is 2.49. The summed E-state index contributed by atoms with van der Waals surface area (Å²) in [4.78, 5) is 20.9. The highest BCUT2D eigenvalue weighted by molar-refractivity contribution is 6.33. The molecule has 0 aliphatic carbocycles. The fourth-order valence-corrected chi connectivity index (χ4v) is 2.26. The Kier molecular flexibility index (Phi) is 3.54. The largest absolute Gasteiger partial charge is 0.321 e. The van der Waals surface area contributed by atoms with Gasteiger partial charge in [0.25, 0.3) is 5.91 Å². The van der Waals surface area contributed by atoms with Crippen molar-refractivity contribution >= 4 is 34.2 Å². The van der Waals surface area contributed by atoms with E-state index in [1.165, 1.54) is 0 Å². The molecule has 0 aliphatic rings. The van der Waals surface area contributed by atoms with Crippen molar-refractivity contribution in [1.82, 2.24) is 9.97 Å². The number of nitrogens with one attached hydrogen (secondary N) is 1. The molecule has 2 heterocycles. The molecule has 5 heteroatoms. The van der Waals surface area contributed by atoms with E-state index in [0.29, 0.717) is 27.6 Å². The van der Waals surface area contributed by atoms with Gasteiger partial charge in [0.15, 0.2) is 5.65 Å². The fraction of sp³-hybridized carbons (Fsp3) is 0.0625. The molecule has 1 N–H and O–H groups in total. The summed E-state index contributed by atoms with van der Waals surface area (Å²) in [6.07, 6.45) is 1.68. The van der Waals surface area contributed by atoms with Crippen LogP contribution in [0.1, 0.15) is 16.1 Å². The molecule has 21 heavy (non-hydrogen) atoms. The van der Waals surface area contributed by atoms with Crippen molar-refractivity contribution in [2.45, 2.75) is 6.92 Å². The third kappa shape index (κ3) is 2.71. The van der Waals surface area contributed by atoms with Crippen molar-refractivity contribution in [3.05, 3.63) is 64.9 Å². The quantitative estimate of drug-likeness (QED) is 0.782. The van der Waals surface area contributed by atoms with Crippen LogP contribution in [0, 0.1) is 6.92 Å². The number of pyridine rings is 2. The Morgan fingerprint density at radius 2 is 2.00 bits per heavy atom. The van der Waals surface area contributed by atoms with E-state index in [2.05, 4.69) is 15.3 Å². The highest BCUT2D eigenvalue weighted by Gasteiger charge is 2.13. The van der Waals surface area contributed by atoms with Crippen LogP contribution in [0.3, 0.4) is 0 Å². The van der Waals surface area contributed by atoms with Gasteiger partial charge in [0, 0.05) is 11.6 Å². The molecule has 0 saturated heterocycles. The maximum absolute atomic E-state index is 12.4. The smallest absolute Gasteiger partial charge is 0.257 e. The van der Waals surface area contributed by atoms with Gasteiger partial charge in [-0.3, -0.25) is 4.79 Å². The van der Waals surface area contributed by atoms with Crippen LogP contribution in [-0.2, 0) is 0 Å². The third-order valence-electron chi connectivity index (χ3n) is 3.15. The summed E-state index contributed by atoms with van der Waals surface area (Å²) in [5, 5.41) is 4.13. The number of fused-ring (bicyclic) bond motifs is 1. The monoisotopic (exact) mass is 297 g/mol. The highest BCUT2D eigenvalue weighted by atomic mass is 35.5. The molecule has 3 rings (SSSR count). The van der Waals surface area contributed by atoms with Crippen LogP contribution in [0.25, 0.3) is 11.0 Å². The van der Waals surface area contributed by atoms with Crippen molar-refractivity contribution in [3.63, 3.8) is 0 Å². The molecule has 0 atom stereocenters. The minimum atomic E-state index is -0.237. The zero-order valence-corrected chi connectivity index (χ0v) is 12.1. The normalized spacial score (nSPS) is 10.6. The zero-order chi connectivity index (χ0) is 14.8. The van der Waals surface area contributed by atoms with Gasteiger partial charge in [0.2, 0.25) is 0 Å². The number of anilines is 1. The van der Waals surface area contributed by atoms with Crippen molar-refractivity contribution in [2.24, 2.45) is 0 Å². The Morgan fingerprint density at radius 1 is 1.19 bits per heavy atom. The fourth-order valence-electron chi connectivity index (χ4n) is 2.08. The number of aryl methyl sites for hydroxylation is 1. The van der Waals surface area contributed by atoms with Crippen LogP contribution >= 0.6 is 11.6 Å². The molecule has 1 aromatic carbocycles. The lowest BCUT2D eigenvalue weighted by atomic mass is 10.1. The Bertz CT molecular complexity index is 833. The standard InChI is InChI=1S/C16H12ClN3O/c1-10-12(9-11-5-4-8-18-15(11)19-10)16(21)20-14-7-3-2-6-13(14)17/h2-9H,1H3,(H,20,21). The number of carbonyl (C=O) groups excluding carboxylic acids is 1. The molecule has 3 aromatic rings. The van der Waals surface area contributed by atoms with Crippen molar-refractivity contribution in [3.8, 4) is 0 Å². The predicted octanol–water partition coefficient (Wildman–Crippen LogP) is 3.84. The minimum Gasteiger partial charge on any atom is -0.321 e. The van der Waals surface area contributed by atoms with Gasteiger partial charge in [-0.15, -0.1) is 0 Å². The first-order chi connectivity index (χ1) is 10.1. The first kappa shape index (κ1) is 13.5. The van der Waals surface area contributed by atoms with Crippen LogP contribution in [-0.4, -0.2) is 15.9 Å². The molecule has 0 unspecified atom stereocenters. The number of para-hydroxylation sites is 1. The van der Waals surface area contributed by atoms with Gasteiger partial charge >= 0.3 is 0 Å². The maximum Gasteiger partial charge on any atom is 0.257 e. The summed E-state index contributed by atoms with van der Waals surface area (Å²) < 4.78 is 0. The second kappa shape index (κ2) is 5.50. The van der Waals surface area contributed by atoms with Gasteiger partial charge in [0.1, 0.15) is 0 Å². The summed E-state index contributed by atoms with van der Waals surface area (Å²) in [5.41, 5.74) is 2.35. The van der Waals surface area contributed by atoms with Crippen LogP contribution in [0.4, 0.5) is 5.69 Å². The number of halogens is 1. The Balaban J connectivity index is 1.98. The zero-order valence-electron chi connectivity index (χ0n) is 11.3. The van der Waals surface area contributed by atoms with Gasteiger partial charge in [-0.05, 0) is 37.3 Å². The van der Waals surface area contributed by atoms with E-state index in [0.717, 1.165) is 5.39 Å². The topological polar surface area (TPSA) is 54.9 Å². The molecular formula is C16H12ClN3O. The predicted molar refractivity (Wildman–Crippen MR) is 83.7 cm³/mol. The number of carbonyl (C=O) groups is 1. The molecule has 0 aliphatic heterocycles. The van der Waals surface area contributed by atoms with E-state index in [-0.39, 0.29) is 5.91 Å². The summed E-state index contributed by atoms with van der Waals surface area (Å²) >= 11 is 6.05. The van der Waals surface area contributed by atoms with E-state index in [1.807, 2.05) is 24.3 Å². The Morgan fingerprint density at radius 3 is 2.81 bits per heavy atom. The lowest BCUT2D eigenvalue weighted by molar-refractivity contribution is 0.102. The van der Waals surface area contributed by atoms with E-state index in [9.17, 15) is 4.79 Å². The summed E-state index contributed by atoms with van der Waals surface area (Å²) in [5.74, 6) is -0.237. The first-order valence-electron chi connectivity index (χ1n) is 6.43. The van der Waals surface area contributed by atoms with Gasteiger partial charge in [-0.2, -0.15) is 0 Å². The number of rotatable bonds is 2. The number of benzene rings is 1. The molecule has 0 radical (unpaired) electrons. The summed E-state index contributed by atoms with van der Waals surface area (Å²) in [7, 11) is 0. The Hall–Kier alpha value is -2.46. The third-order valence-corrected chi connectivity index (χ3v) is 3.48. The average molecular weight is 298 g/mol. The van der Waals surface area contributed by atoms with Crippen LogP contribution in [0.15, 0.2) is 48.7 Å². The number of amides is 1. The SMILES string of the molecule is Cc1nc2ncccc2cc1C(=O)Nc1ccccc1Cl. The molecular weight excluding hydrogens is 286 g/mol. The molecule has 104 valence electrons. The van der Waals surface area contributed by atoms with Gasteiger partial charge in [0.05, 0.1) is 22.0 Å². The number of hydrogen-bond acceptors (Lipinski definition) is 3. The summed E-state index contributed by atoms with van der Waals surface area (Å²) in [6.45, 7) is 1.79. The van der Waals surface area contributed by atoms with E-state index in [4.69, 9.17) is 11.6 Å². The van der Waals surface area contributed by atoms with E-state index >= 15 is 0 Å². The molecule has 4 nitrogen and oxygen atoms in total. The molecule has 2 aromatic heterocycles. The molecule has 0 fully saturated rings. The minimum absolute atomic E-state index is 0.237. The van der Waals surface area contributed by atoms with Crippen LogP contribution < -0.4 is 5.32 Å². The van der Waals surface area contributed by atoms with Crippen molar-refractivity contribution < 1.29 is 4.79 Å². The molecule has 1 amide bonds. The maximum atomic E-state index is 12.4. The Labute approximate surface area is 126 Å².